The van der Waals surface area contributed by atoms with Crippen LogP contribution < -0.4 is 11.0 Å². The normalized spacial score (nSPS) is 11.2. The predicted molar refractivity (Wildman–Crippen MR) is 99.3 cm³/mol. The molecule has 27 heavy (non-hydrogen) atoms. The number of hydrogen-bond donors (Lipinski definition) is 1. The van der Waals surface area contributed by atoms with Gasteiger partial charge in [-0.15, -0.1) is 5.10 Å². The molecule has 4 aromatic rings. The molecular weight excluding hydrogens is 349 g/mol. The maximum absolute atomic E-state index is 13.4. The van der Waals surface area contributed by atoms with E-state index in [1.165, 1.54) is 28.9 Å². The van der Waals surface area contributed by atoms with Crippen molar-refractivity contribution >= 4 is 28.1 Å². The second-order valence-corrected chi connectivity index (χ2v) is 6.41. The highest BCUT2D eigenvalue weighted by Crippen LogP contribution is 2.17. The summed E-state index contributed by atoms with van der Waals surface area (Å²) in [4.78, 5) is 29.0. The summed E-state index contributed by atoms with van der Waals surface area (Å²) in [7, 11) is 0. The number of aromatic nitrogens is 4. The van der Waals surface area contributed by atoms with E-state index in [2.05, 4.69) is 15.4 Å². The minimum atomic E-state index is -0.487. The highest BCUT2D eigenvalue weighted by molar-refractivity contribution is 5.92. The number of fused-ring (bicyclic) bond motifs is 3. The van der Waals surface area contributed by atoms with Crippen molar-refractivity contribution in [3.63, 3.8) is 0 Å². The van der Waals surface area contributed by atoms with Crippen molar-refractivity contribution in [1.29, 1.82) is 0 Å². The third-order valence-corrected chi connectivity index (χ3v) is 4.33. The van der Waals surface area contributed by atoms with E-state index in [0.717, 1.165) is 15.8 Å². The van der Waals surface area contributed by atoms with Gasteiger partial charge in [-0.25, -0.2) is 23.3 Å². The first-order chi connectivity index (χ1) is 12.9. The van der Waals surface area contributed by atoms with E-state index in [0.29, 0.717) is 22.2 Å². The number of amides is 1. The molecule has 2 heterocycles. The number of carbonyl (C=O) groups is 1. The Bertz CT molecular complexity index is 1260. The molecule has 0 aliphatic rings. The largest absolute Gasteiger partial charge is 0.352 e. The Hall–Kier alpha value is -3.55. The fourth-order valence-corrected chi connectivity index (χ4v) is 3.01. The number of nitrogens with one attached hydrogen (secondary N) is 1. The molecule has 0 unspecified atom stereocenters. The van der Waals surface area contributed by atoms with Crippen LogP contribution in [0.2, 0.25) is 0 Å². The van der Waals surface area contributed by atoms with Crippen LogP contribution in [0.4, 0.5) is 10.1 Å². The smallest absolute Gasteiger partial charge is 0.324 e. The van der Waals surface area contributed by atoms with E-state index in [1.54, 1.807) is 0 Å². The molecule has 0 radical (unpaired) electrons. The molecule has 0 saturated carbocycles. The fraction of sp³-hybridized carbons (Fsp3) is 0.158. The maximum Gasteiger partial charge on any atom is 0.352 e. The third-order valence-electron chi connectivity index (χ3n) is 4.33. The Morgan fingerprint density at radius 1 is 1.19 bits per heavy atom. The van der Waals surface area contributed by atoms with Gasteiger partial charge in [0.05, 0.1) is 5.52 Å². The molecule has 4 rings (SSSR count). The molecule has 8 heteroatoms. The van der Waals surface area contributed by atoms with Crippen LogP contribution in [-0.2, 0) is 11.3 Å². The molecule has 1 N–H and O–H groups in total. The van der Waals surface area contributed by atoms with Gasteiger partial charge in [0, 0.05) is 17.1 Å². The van der Waals surface area contributed by atoms with Crippen LogP contribution in [0.5, 0.6) is 0 Å². The summed E-state index contributed by atoms with van der Waals surface area (Å²) in [5.41, 5.74) is 2.94. The molecule has 0 saturated heterocycles. The molecule has 0 aliphatic heterocycles. The van der Waals surface area contributed by atoms with E-state index in [4.69, 9.17) is 0 Å². The number of hydrogen-bond acceptors (Lipinski definition) is 4. The van der Waals surface area contributed by atoms with Crippen molar-refractivity contribution in [2.24, 2.45) is 0 Å². The highest BCUT2D eigenvalue weighted by atomic mass is 19.1. The van der Waals surface area contributed by atoms with Crippen molar-refractivity contribution < 1.29 is 9.18 Å². The molecule has 7 nitrogen and oxygen atoms in total. The second-order valence-electron chi connectivity index (χ2n) is 6.41. The van der Waals surface area contributed by atoms with E-state index >= 15 is 0 Å². The molecule has 2 aromatic carbocycles. The molecule has 0 fully saturated rings. The average molecular weight is 365 g/mol. The van der Waals surface area contributed by atoms with Gasteiger partial charge in [0.25, 0.3) is 0 Å². The fourth-order valence-electron chi connectivity index (χ4n) is 3.01. The quantitative estimate of drug-likeness (QED) is 0.605. The van der Waals surface area contributed by atoms with E-state index < -0.39 is 11.5 Å². The van der Waals surface area contributed by atoms with Crippen molar-refractivity contribution in [3.8, 4) is 0 Å². The monoisotopic (exact) mass is 365 g/mol. The molecule has 0 aliphatic carbocycles. The van der Waals surface area contributed by atoms with Gasteiger partial charge >= 0.3 is 5.69 Å². The Kier molecular flexibility index (Phi) is 3.95. The molecule has 136 valence electrons. The second kappa shape index (κ2) is 6.31. The molecule has 1 amide bonds. The van der Waals surface area contributed by atoms with Crippen molar-refractivity contribution in [1.82, 2.24) is 19.2 Å². The number of nitrogens with zero attached hydrogens (tertiary/aromatic N) is 4. The summed E-state index contributed by atoms with van der Waals surface area (Å²) in [5, 5.41) is 7.55. The summed E-state index contributed by atoms with van der Waals surface area (Å²) in [6.07, 6.45) is 1.28. The first kappa shape index (κ1) is 16.9. The lowest BCUT2D eigenvalue weighted by Crippen LogP contribution is -2.28. The van der Waals surface area contributed by atoms with Crippen LogP contribution in [0, 0.1) is 19.7 Å². The maximum atomic E-state index is 13.4. The van der Waals surface area contributed by atoms with Crippen LogP contribution in [0.1, 0.15) is 11.1 Å². The number of halogens is 1. The van der Waals surface area contributed by atoms with Crippen LogP contribution >= 0.6 is 0 Å². The van der Waals surface area contributed by atoms with E-state index in [1.807, 2.05) is 32.0 Å². The van der Waals surface area contributed by atoms with Gasteiger partial charge in [-0.3, -0.25) is 4.79 Å². The van der Waals surface area contributed by atoms with Gasteiger partial charge in [-0.05, 0) is 37.6 Å². The minimum absolute atomic E-state index is 0.240. The summed E-state index contributed by atoms with van der Waals surface area (Å²) < 4.78 is 15.7. The number of anilines is 1. The molecule has 0 atom stereocenters. The third kappa shape index (κ3) is 3.05. The summed E-state index contributed by atoms with van der Waals surface area (Å²) in [5.74, 6) is -0.787. The van der Waals surface area contributed by atoms with E-state index in [9.17, 15) is 14.0 Å². The summed E-state index contributed by atoms with van der Waals surface area (Å²) in [6, 6.07) is 9.74. The van der Waals surface area contributed by atoms with Crippen LogP contribution in [-0.4, -0.2) is 25.1 Å². The van der Waals surface area contributed by atoms with Gasteiger partial charge in [-0.1, -0.05) is 17.7 Å². The van der Waals surface area contributed by atoms with E-state index in [-0.39, 0.29) is 12.5 Å². The van der Waals surface area contributed by atoms with Gasteiger partial charge in [0.2, 0.25) is 5.91 Å². The number of carbonyl (C=O) groups excluding carboxylic acids is 1. The lowest BCUT2D eigenvalue weighted by molar-refractivity contribution is -0.117. The topological polar surface area (TPSA) is 81.3 Å². The van der Waals surface area contributed by atoms with Crippen molar-refractivity contribution in [2.45, 2.75) is 20.4 Å². The van der Waals surface area contributed by atoms with Crippen LogP contribution in [0.3, 0.4) is 0 Å². The molecule has 2 aromatic heterocycles. The predicted octanol–water partition coefficient (Wildman–Crippen LogP) is 2.44. The van der Waals surface area contributed by atoms with Gasteiger partial charge in [0.15, 0.2) is 5.65 Å². The van der Waals surface area contributed by atoms with Gasteiger partial charge < -0.3 is 5.32 Å². The zero-order valence-electron chi connectivity index (χ0n) is 14.7. The Morgan fingerprint density at radius 2 is 2.00 bits per heavy atom. The molecule has 0 spiro atoms. The van der Waals surface area contributed by atoms with Gasteiger partial charge in [0.1, 0.15) is 18.7 Å². The van der Waals surface area contributed by atoms with Crippen LogP contribution in [0.15, 0.2) is 47.5 Å². The number of benzene rings is 2. The average Bonchev–Trinajstić information content (AvgIpc) is 2.93. The molecular formula is C19H16FN5O2. The Labute approximate surface area is 153 Å². The van der Waals surface area contributed by atoms with Crippen molar-refractivity contribution in [3.05, 3.63) is 70.2 Å². The highest BCUT2D eigenvalue weighted by Gasteiger charge is 2.14. The first-order valence-electron chi connectivity index (χ1n) is 8.33. The zero-order valence-corrected chi connectivity index (χ0v) is 14.7. The first-order valence-corrected chi connectivity index (χ1v) is 8.33. The van der Waals surface area contributed by atoms with Gasteiger partial charge in [-0.2, -0.15) is 0 Å². The van der Waals surface area contributed by atoms with Crippen LogP contribution in [0.25, 0.3) is 16.6 Å². The Balaban J connectivity index is 1.67. The lowest BCUT2D eigenvalue weighted by Gasteiger charge is -2.08. The zero-order chi connectivity index (χ0) is 19.1. The number of rotatable bonds is 3. The van der Waals surface area contributed by atoms with Crippen molar-refractivity contribution in [2.75, 3.05) is 5.32 Å². The minimum Gasteiger partial charge on any atom is -0.324 e. The summed E-state index contributed by atoms with van der Waals surface area (Å²) in [6.45, 7) is 3.63. The Morgan fingerprint density at radius 3 is 2.78 bits per heavy atom. The summed E-state index contributed by atoms with van der Waals surface area (Å²) >= 11 is 0. The number of aryl methyl sites for hydroxylation is 2. The SMILES string of the molecule is Cc1ccc(NC(=O)Cn2nc3c4ccc(F)cc4ncn3c2=O)c(C)c1. The lowest BCUT2D eigenvalue weighted by atomic mass is 10.1. The standard InChI is InChI=1S/C19H16FN5O2/c1-11-3-6-15(12(2)7-11)22-17(26)9-25-19(27)24-10-21-16-8-13(20)4-5-14(16)18(24)23-25/h3-8,10H,9H2,1-2H3,(H,22,26). The molecule has 0 bridgehead atoms.